The van der Waals surface area contributed by atoms with E-state index in [-0.39, 0.29) is 29.9 Å². The first-order valence-corrected chi connectivity index (χ1v) is 12.5. The molecular weight excluding hydrogens is 525 g/mol. The fourth-order valence-corrected chi connectivity index (χ4v) is 4.86. The Morgan fingerprint density at radius 2 is 1.68 bits per heavy atom. The number of piperidine rings is 1. The molecule has 174 valence electrons. The zero-order chi connectivity index (χ0) is 21.2. The maximum absolute atomic E-state index is 12.5. The molecule has 1 amide bonds. The number of amides is 1. The standard InChI is InChI=1S/C22H35N5O2S.HI/c1-2-23-22(24-11-18-30(29)20-9-5-3-6-10-20)27-16-14-25(15-17-27)19-21(28)26-12-7-4-8-13-26;/h3,5-6,9-10H,2,4,7-8,11-19H2,1H3,(H,23,24);1H. The molecule has 0 bridgehead atoms. The minimum absolute atomic E-state index is 0. The highest BCUT2D eigenvalue weighted by Crippen LogP contribution is 2.10. The number of hydrogen-bond donors (Lipinski definition) is 1. The number of aliphatic imine (C=N–C) groups is 1. The monoisotopic (exact) mass is 561 g/mol. The van der Waals surface area contributed by atoms with Crippen molar-refractivity contribution in [2.24, 2.45) is 4.99 Å². The van der Waals surface area contributed by atoms with Gasteiger partial charge in [0.2, 0.25) is 5.91 Å². The van der Waals surface area contributed by atoms with E-state index in [4.69, 9.17) is 4.99 Å². The van der Waals surface area contributed by atoms with Gasteiger partial charge in [-0.25, -0.2) is 0 Å². The lowest BCUT2D eigenvalue weighted by molar-refractivity contribution is -0.133. The van der Waals surface area contributed by atoms with Crippen LogP contribution in [0.15, 0.2) is 40.2 Å². The van der Waals surface area contributed by atoms with E-state index in [1.807, 2.05) is 35.2 Å². The second-order valence-electron chi connectivity index (χ2n) is 7.80. The van der Waals surface area contributed by atoms with Gasteiger partial charge in [0.05, 0.1) is 23.9 Å². The van der Waals surface area contributed by atoms with E-state index >= 15 is 0 Å². The molecule has 1 atom stereocenters. The fraction of sp³-hybridized carbons (Fsp3) is 0.636. The van der Waals surface area contributed by atoms with Crippen LogP contribution in [0.1, 0.15) is 26.2 Å². The lowest BCUT2D eigenvalue weighted by atomic mass is 10.1. The Labute approximate surface area is 206 Å². The van der Waals surface area contributed by atoms with E-state index in [1.54, 1.807) is 0 Å². The van der Waals surface area contributed by atoms with Crippen molar-refractivity contribution in [2.45, 2.75) is 31.1 Å². The number of guanidine groups is 1. The quantitative estimate of drug-likeness (QED) is 0.314. The first kappa shape index (κ1) is 26.1. The second-order valence-corrected chi connectivity index (χ2v) is 9.37. The van der Waals surface area contributed by atoms with Crippen molar-refractivity contribution < 1.29 is 9.00 Å². The third kappa shape index (κ3) is 8.34. The highest BCUT2D eigenvalue weighted by atomic mass is 127. The SMILES string of the molecule is CCNC(=NCCS(=O)c1ccccc1)N1CCN(CC(=O)N2CCCCC2)CC1.I. The molecule has 1 unspecified atom stereocenters. The van der Waals surface area contributed by atoms with E-state index in [1.165, 1.54) is 6.42 Å². The minimum Gasteiger partial charge on any atom is -0.357 e. The maximum Gasteiger partial charge on any atom is 0.236 e. The Hall–Kier alpha value is -1.20. The summed E-state index contributed by atoms with van der Waals surface area (Å²) in [4.78, 5) is 24.6. The molecular formula is C22H36IN5O2S. The van der Waals surface area contributed by atoms with Crippen LogP contribution in [0.5, 0.6) is 0 Å². The van der Waals surface area contributed by atoms with Crippen LogP contribution in [-0.2, 0) is 15.6 Å². The third-order valence-electron chi connectivity index (χ3n) is 5.62. The molecule has 2 heterocycles. The molecule has 2 saturated heterocycles. The highest BCUT2D eigenvalue weighted by Gasteiger charge is 2.24. The van der Waals surface area contributed by atoms with E-state index in [9.17, 15) is 9.00 Å². The summed E-state index contributed by atoms with van der Waals surface area (Å²) in [6.45, 7) is 9.16. The van der Waals surface area contributed by atoms with Crippen molar-refractivity contribution in [3.05, 3.63) is 30.3 Å². The Morgan fingerprint density at radius 1 is 1.00 bits per heavy atom. The van der Waals surface area contributed by atoms with Crippen molar-refractivity contribution in [1.82, 2.24) is 20.0 Å². The summed E-state index contributed by atoms with van der Waals surface area (Å²) < 4.78 is 12.4. The molecule has 0 aliphatic carbocycles. The topological polar surface area (TPSA) is 68.2 Å². The number of halogens is 1. The molecule has 31 heavy (non-hydrogen) atoms. The number of nitrogens with one attached hydrogen (secondary N) is 1. The number of rotatable bonds is 7. The number of hydrogen-bond acceptors (Lipinski definition) is 4. The number of carbonyl (C=O) groups is 1. The van der Waals surface area contributed by atoms with Crippen molar-refractivity contribution in [3.63, 3.8) is 0 Å². The first-order chi connectivity index (χ1) is 14.7. The van der Waals surface area contributed by atoms with Crippen LogP contribution in [-0.4, -0.2) is 95.4 Å². The molecule has 9 heteroatoms. The molecule has 3 rings (SSSR count). The molecule has 0 saturated carbocycles. The number of benzene rings is 1. The molecule has 0 radical (unpaired) electrons. The van der Waals surface area contributed by atoms with Crippen LogP contribution >= 0.6 is 24.0 Å². The average Bonchev–Trinajstić information content (AvgIpc) is 2.80. The van der Waals surface area contributed by atoms with E-state index in [2.05, 4.69) is 22.0 Å². The fourth-order valence-electron chi connectivity index (χ4n) is 3.90. The maximum atomic E-state index is 12.5. The van der Waals surface area contributed by atoms with Crippen molar-refractivity contribution >= 4 is 46.6 Å². The summed E-state index contributed by atoms with van der Waals surface area (Å²) in [5.74, 6) is 1.67. The van der Waals surface area contributed by atoms with Gasteiger partial charge in [-0.2, -0.15) is 0 Å². The van der Waals surface area contributed by atoms with Gasteiger partial charge in [-0.05, 0) is 38.3 Å². The molecule has 0 aromatic heterocycles. The molecule has 2 fully saturated rings. The van der Waals surface area contributed by atoms with Crippen LogP contribution in [0, 0.1) is 0 Å². The summed E-state index contributed by atoms with van der Waals surface area (Å²) >= 11 is 0. The van der Waals surface area contributed by atoms with Gasteiger partial charge in [0.25, 0.3) is 0 Å². The largest absolute Gasteiger partial charge is 0.357 e. The van der Waals surface area contributed by atoms with E-state index < -0.39 is 10.8 Å². The zero-order valence-corrected chi connectivity index (χ0v) is 21.6. The Bertz CT molecular complexity index is 720. The Morgan fingerprint density at radius 3 is 2.32 bits per heavy atom. The molecule has 2 aliphatic heterocycles. The van der Waals surface area contributed by atoms with Crippen LogP contribution < -0.4 is 5.32 Å². The van der Waals surface area contributed by atoms with Crippen LogP contribution in [0.4, 0.5) is 0 Å². The molecule has 1 N–H and O–H groups in total. The van der Waals surface area contributed by atoms with Gasteiger partial charge in [0, 0.05) is 56.5 Å². The van der Waals surface area contributed by atoms with Crippen LogP contribution in [0.3, 0.4) is 0 Å². The third-order valence-corrected chi connectivity index (χ3v) is 6.97. The van der Waals surface area contributed by atoms with Gasteiger partial charge in [-0.1, -0.05) is 18.2 Å². The van der Waals surface area contributed by atoms with Crippen molar-refractivity contribution in [2.75, 3.05) is 64.7 Å². The smallest absolute Gasteiger partial charge is 0.236 e. The highest BCUT2D eigenvalue weighted by molar-refractivity contribution is 14.0. The second kappa shape index (κ2) is 14.1. The molecule has 2 aliphatic rings. The minimum atomic E-state index is -1.03. The summed E-state index contributed by atoms with van der Waals surface area (Å²) in [5.41, 5.74) is 0. The predicted octanol–water partition coefficient (Wildman–Crippen LogP) is 2.01. The van der Waals surface area contributed by atoms with Crippen molar-refractivity contribution in [1.29, 1.82) is 0 Å². The van der Waals surface area contributed by atoms with E-state index in [0.29, 0.717) is 18.8 Å². The van der Waals surface area contributed by atoms with Gasteiger partial charge in [0.15, 0.2) is 5.96 Å². The lowest BCUT2D eigenvalue weighted by Crippen LogP contribution is -2.54. The Kier molecular flexibility index (Phi) is 11.8. The zero-order valence-electron chi connectivity index (χ0n) is 18.5. The summed E-state index contributed by atoms with van der Waals surface area (Å²) in [6, 6.07) is 9.55. The van der Waals surface area contributed by atoms with Gasteiger partial charge in [0.1, 0.15) is 0 Å². The number of nitrogens with zero attached hydrogens (tertiary/aromatic N) is 4. The summed E-state index contributed by atoms with van der Waals surface area (Å²) in [5, 5.41) is 3.36. The lowest BCUT2D eigenvalue weighted by Gasteiger charge is -2.37. The average molecular weight is 562 g/mol. The number of likely N-dealkylation sites (tertiary alicyclic amines) is 1. The number of carbonyl (C=O) groups excluding carboxylic acids is 1. The van der Waals surface area contributed by atoms with Crippen LogP contribution in [0.25, 0.3) is 0 Å². The van der Waals surface area contributed by atoms with Gasteiger partial charge in [-0.3, -0.25) is 18.9 Å². The van der Waals surface area contributed by atoms with Gasteiger partial charge >= 0.3 is 0 Å². The molecule has 0 spiro atoms. The molecule has 1 aromatic carbocycles. The van der Waals surface area contributed by atoms with Crippen LogP contribution in [0.2, 0.25) is 0 Å². The van der Waals surface area contributed by atoms with Gasteiger partial charge in [-0.15, -0.1) is 24.0 Å². The normalized spacial score (nSPS) is 18.9. The van der Waals surface area contributed by atoms with Gasteiger partial charge < -0.3 is 15.1 Å². The molecule has 1 aromatic rings. The van der Waals surface area contributed by atoms with E-state index in [0.717, 1.165) is 69.5 Å². The Balaban J connectivity index is 0.00000341. The summed E-state index contributed by atoms with van der Waals surface area (Å²) in [6.07, 6.45) is 3.52. The van der Waals surface area contributed by atoms with Crippen molar-refractivity contribution in [3.8, 4) is 0 Å². The number of piperazine rings is 1. The first-order valence-electron chi connectivity index (χ1n) is 11.1. The summed E-state index contributed by atoms with van der Waals surface area (Å²) in [7, 11) is -1.03. The molecule has 7 nitrogen and oxygen atoms in total. The predicted molar refractivity (Wildman–Crippen MR) is 138 cm³/mol.